The number of benzene rings is 2. The summed E-state index contributed by atoms with van der Waals surface area (Å²) in [6.45, 7) is 3.18. The number of methoxy groups -OCH3 is 1. The van der Waals surface area contributed by atoms with E-state index in [2.05, 4.69) is 18.3 Å². The summed E-state index contributed by atoms with van der Waals surface area (Å²) in [6.07, 6.45) is 2.52. The third-order valence-electron chi connectivity index (χ3n) is 7.31. The van der Waals surface area contributed by atoms with Crippen molar-refractivity contribution in [3.05, 3.63) is 85.5 Å². The predicted molar refractivity (Wildman–Crippen MR) is 164 cm³/mol. The van der Waals surface area contributed by atoms with Gasteiger partial charge in [-0.15, -0.1) is 11.3 Å². The van der Waals surface area contributed by atoms with Gasteiger partial charge in [0.25, 0.3) is 0 Å². The van der Waals surface area contributed by atoms with Crippen LogP contribution in [0.25, 0.3) is 0 Å². The molecule has 7 nitrogen and oxygen atoms in total. The minimum atomic E-state index is -0.857. The van der Waals surface area contributed by atoms with Crippen LogP contribution in [0.2, 0.25) is 10.0 Å². The van der Waals surface area contributed by atoms with Gasteiger partial charge in [-0.1, -0.05) is 54.4 Å². The molecule has 4 rings (SSSR count). The van der Waals surface area contributed by atoms with Crippen LogP contribution in [0, 0.1) is 0 Å². The molecule has 1 aromatic heterocycles. The molecule has 0 radical (unpaired) electrons. The molecular formula is C31H35Cl2N3O4S. The Morgan fingerprint density at radius 3 is 2.59 bits per heavy atom. The quantitative estimate of drug-likeness (QED) is 0.287. The first-order chi connectivity index (χ1) is 19.8. The zero-order valence-electron chi connectivity index (χ0n) is 23.3. The van der Waals surface area contributed by atoms with E-state index in [-0.39, 0.29) is 30.7 Å². The Kier molecular flexibility index (Phi) is 11.1. The number of thiophene rings is 1. The molecule has 1 unspecified atom stereocenters. The number of hydrogen-bond acceptors (Lipinski definition) is 5. The second kappa shape index (κ2) is 14.7. The van der Waals surface area contributed by atoms with E-state index in [4.69, 9.17) is 27.9 Å². The van der Waals surface area contributed by atoms with E-state index >= 15 is 0 Å². The number of aryl methyl sites for hydroxylation is 1. The smallest absolute Gasteiger partial charge is 0.246 e. The van der Waals surface area contributed by atoms with E-state index in [0.717, 1.165) is 33.7 Å². The molecular weight excluding hydrogens is 581 g/mol. The predicted octanol–water partition coefficient (Wildman–Crippen LogP) is 5.20. The molecule has 1 atom stereocenters. The number of carbonyl (C=O) groups excluding carboxylic acids is 3. The highest BCUT2D eigenvalue weighted by Crippen LogP contribution is 2.24. The fourth-order valence-electron chi connectivity index (χ4n) is 5.04. The van der Waals surface area contributed by atoms with Gasteiger partial charge in [-0.3, -0.25) is 14.4 Å². The van der Waals surface area contributed by atoms with Gasteiger partial charge in [-0.2, -0.15) is 0 Å². The standard InChI is InChI=1S/C31H35Cl2N3O4S/c1-3-22-17-21(6-9-28(22)40-2)10-13-34-29(37)19-27-31(39)35(14-11-23-7-8-24(32)18-26(23)33)20-30(38)36(27)15-12-25-5-4-16-41-25/h4-9,16-18,27H,3,10-15,19-20H2,1-2H3,(H,34,37). The number of ether oxygens (including phenoxy) is 1. The number of halogens is 2. The van der Waals surface area contributed by atoms with E-state index in [1.165, 1.54) is 4.90 Å². The lowest BCUT2D eigenvalue weighted by atomic mass is 10.0. The van der Waals surface area contributed by atoms with E-state index in [1.54, 1.807) is 35.5 Å². The Bertz CT molecular complexity index is 1370. The maximum absolute atomic E-state index is 13.7. The number of nitrogens with one attached hydrogen (secondary N) is 1. The number of hydrogen-bond donors (Lipinski definition) is 1. The number of rotatable bonds is 13. The van der Waals surface area contributed by atoms with Crippen LogP contribution in [0.3, 0.4) is 0 Å². The van der Waals surface area contributed by atoms with Gasteiger partial charge in [-0.25, -0.2) is 0 Å². The minimum absolute atomic E-state index is 0.0240. The largest absolute Gasteiger partial charge is 0.496 e. The molecule has 1 fully saturated rings. The lowest BCUT2D eigenvalue weighted by Gasteiger charge is -2.40. The summed E-state index contributed by atoms with van der Waals surface area (Å²) in [4.78, 5) is 44.2. The van der Waals surface area contributed by atoms with Gasteiger partial charge in [0.15, 0.2) is 0 Å². The molecule has 3 amide bonds. The molecule has 1 aliphatic rings. The van der Waals surface area contributed by atoms with Crippen LogP contribution in [0.15, 0.2) is 53.9 Å². The second-order valence-electron chi connectivity index (χ2n) is 9.98. The summed E-state index contributed by atoms with van der Waals surface area (Å²) in [5.74, 6) is 0.209. The average molecular weight is 617 g/mol. The molecule has 10 heteroatoms. The van der Waals surface area contributed by atoms with Crippen molar-refractivity contribution >= 4 is 52.3 Å². The molecule has 218 valence electrons. The first-order valence-corrected chi connectivity index (χ1v) is 15.4. The zero-order valence-corrected chi connectivity index (χ0v) is 25.7. The first-order valence-electron chi connectivity index (χ1n) is 13.8. The summed E-state index contributed by atoms with van der Waals surface area (Å²) in [5.41, 5.74) is 3.05. The zero-order chi connectivity index (χ0) is 29.4. The van der Waals surface area contributed by atoms with Crippen LogP contribution in [0.5, 0.6) is 5.75 Å². The molecule has 1 saturated heterocycles. The van der Waals surface area contributed by atoms with Crippen molar-refractivity contribution in [3.8, 4) is 5.75 Å². The number of nitrogens with zero attached hydrogens (tertiary/aromatic N) is 2. The van der Waals surface area contributed by atoms with Crippen LogP contribution in [-0.2, 0) is 40.1 Å². The normalized spacial score (nSPS) is 15.4. The van der Waals surface area contributed by atoms with Crippen LogP contribution in [-0.4, -0.2) is 66.9 Å². The number of carbonyl (C=O) groups is 3. The third kappa shape index (κ3) is 8.24. The highest BCUT2D eigenvalue weighted by Gasteiger charge is 2.40. The van der Waals surface area contributed by atoms with Crippen molar-refractivity contribution in [3.63, 3.8) is 0 Å². The molecule has 0 spiro atoms. The van der Waals surface area contributed by atoms with Crippen molar-refractivity contribution in [2.24, 2.45) is 0 Å². The van der Waals surface area contributed by atoms with Crippen LogP contribution < -0.4 is 10.1 Å². The van der Waals surface area contributed by atoms with Gasteiger partial charge < -0.3 is 19.9 Å². The van der Waals surface area contributed by atoms with Crippen LogP contribution in [0.4, 0.5) is 0 Å². The minimum Gasteiger partial charge on any atom is -0.496 e. The molecule has 41 heavy (non-hydrogen) atoms. The first kappa shape index (κ1) is 30.9. The summed E-state index contributed by atoms with van der Waals surface area (Å²) in [7, 11) is 1.66. The van der Waals surface area contributed by atoms with Gasteiger partial charge in [0.2, 0.25) is 17.7 Å². The van der Waals surface area contributed by atoms with Crippen molar-refractivity contribution in [1.82, 2.24) is 15.1 Å². The number of piperazine rings is 1. The topological polar surface area (TPSA) is 79.0 Å². The lowest BCUT2D eigenvalue weighted by molar-refractivity contribution is -0.157. The molecule has 0 saturated carbocycles. The SMILES string of the molecule is CCc1cc(CCNC(=O)CC2C(=O)N(CCc3ccc(Cl)cc3Cl)CC(=O)N2CCc2cccs2)ccc1OC. The third-order valence-corrected chi connectivity index (χ3v) is 8.83. The van der Waals surface area contributed by atoms with Gasteiger partial charge in [0.05, 0.1) is 20.1 Å². The molecule has 2 heterocycles. The van der Waals surface area contributed by atoms with Crippen LogP contribution >= 0.6 is 34.5 Å². The molecule has 3 aromatic rings. The average Bonchev–Trinajstić information content (AvgIpc) is 3.48. The Balaban J connectivity index is 1.41. The fourth-order valence-corrected chi connectivity index (χ4v) is 6.24. The Morgan fingerprint density at radius 1 is 1.05 bits per heavy atom. The molecule has 0 bridgehead atoms. The molecule has 1 aliphatic heterocycles. The van der Waals surface area contributed by atoms with Gasteiger partial charge in [0.1, 0.15) is 11.8 Å². The summed E-state index contributed by atoms with van der Waals surface area (Å²) in [6, 6.07) is 14.4. The monoisotopic (exact) mass is 615 g/mol. The highest BCUT2D eigenvalue weighted by atomic mass is 35.5. The lowest BCUT2D eigenvalue weighted by Crippen LogP contribution is -2.61. The number of amides is 3. The summed E-state index contributed by atoms with van der Waals surface area (Å²) in [5, 5.41) is 5.99. The van der Waals surface area contributed by atoms with E-state index in [1.807, 2.05) is 35.7 Å². The Morgan fingerprint density at radius 2 is 1.88 bits per heavy atom. The van der Waals surface area contributed by atoms with Gasteiger partial charge in [-0.05, 0) is 72.0 Å². The molecule has 1 N–H and O–H groups in total. The van der Waals surface area contributed by atoms with Gasteiger partial charge >= 0.3 is 0 Å². The van der Waals surface area contributed by atoms with Crippen molar-refractivity contribution in [1.29, 1.82) is 0 Å². The maximum atomic E-state index is 13.7. The maximum Gasteiger partial charge on any atom is 0.246 e. The fraction of sp³-hybridized carbons (Fsp3) is 0.387. The van der Waals surface area contributed by atoms with Crippen molar-refractivity contribution < 1.29 is 19.1 Å². The van der Waals surface area contributed by atoms with Gasteiger partial charge in [0, 0.05) is 34.6 Å². The highest BCUT2D eigenvalue weighted by molar-refractivity contribution is 7.09. The Hall–Kier alpha value is -3.07. The summed E-state index contributed by atoms with van der Waals surface area (Å²) < 4.78 is 5.40. The second-order valence-corrected chi connectivity index (χ2v) is 11.9. The molecule has 0 aliphatic carbocycles. The van der Waals surface area contributed by atoms with E-state index < -0.39 is 6.04 Å². The Labute approximate surface area is 255 Å². The van der Waals surface area contributed by atoms with E-state index in [0.29, 0.717) is 48.9 Å². The van der Waals surface area contributed by atoms with Crippen LogP contribution in [0.1, 0.15) is 34.9 Å². The summed E-state index contributed by atoms with van der Waals surface area (Å²) >= 11 is 13.9. The van der Waals surface area contributed by atoms with E-state index in [9.17, 15) is 14.4 Å². The molecule has 2 aromatic carbocycles. The van der Waals surface area contributed by atoms with Crippen molar-refractivity contribution in [2.75, 3.05) is 33.3 Å². The van der Waals surface area contributed by atoms with Crippen molar-refractivity contribution in [2.45, 2.75) is 45.1 Å².